The van der Waals surface area contributed by atoms with Crippen molar-refractivity contribution in [1.29, 1.82) is 0 Å². The minimum atomic E-state index is -0.621. The number of methoxy groups -OCH3 is 2. The highest BCUT2D eigenvalue weighted by atomic mass is 19.1. The smallest absolute Gasteiger partial charge is 0.255 e. The zero-order chi connectivity index (χ0) is 17.8. The molecule has 0 saturated heterocycles. The number of benzene rings is 2. The third-order valence-electron chi connectivity index (χ3n) is 3.59. The zero-order valence-electron chi connectivity index (χ0n) is 13.6. The van der Waals surface area contributed by atoms with Crippen LogP contribution in [0, 0.1) is 5.82 Å². The van der Waals surface area contributed by atoms with E-state index in [9.17, 15) is 9.18 Å². The van der Waals surface area contributed by atoms with Gasteiger partial charge in [0.15, 0.2) is 29.5 Å². The number of rotatable bonds is 5. The van der Waals surface area contributed by atoms with E-state index < -0.39 is 11.7 Å². The Morgan fingerprint density at radius 3 is 2.40 bits per heavy atom. The minimum Gasteiger partial charge on any atom is -0.493 e. The summed E-state index contributed by atoms with van der Waals surface area (Å²) in [6.45, 7) is 0. The van der Waals surface area contributed by atoms with Crippen LogP contribution in [0.15, 0.2) is 53.4 Å². The fraction of sp³-hybridized carbons (Fsp3) is 0.111. The Labute approximate surface area is 143 Å². The fourth-order valence-corrected chi connectivity index (χ4v) is 2.29. The number of oxazole rings is 1. The maximum absolute atomic E-state index is 14.1. The van der Waals surface area contributed by atoms with Crippen LogP contribution < -0.4 is 14.8 Å². The van der Waals surface area contributed by atoms with Crippen molar-refractivity contribution in [3.05, 3.63) is 60.4 Å². The van der Waals surface area contributed by atoms with Gasteiger partial charge >= 0.3 is 0 Å². The zero-order valence-corrected chi connectivity index (χ0v) is 13.6. The first-order valence-corrected chi connectivity index (χ1v) is 7.34. The quantitative estimate of drug-likeness (QED) is 0.764. The van der Waals surface area contributed by atoms with Gasteiger partial charge in [0, 0.05) is 23.3 Å². The van der Waals surface area contributed by atoms with Gasteiger partial charge in [0.1, 0.15) is 0 Å². The Hall–Kier alpha value is -3.35. The topological polar surface area (TPSA) is 73.6 Å². The number of aromatic nitrogens is 1. The van der Waals surface area contributed by atoms with Crippen LogP contribution in [0.3, 0.4) is 0 Å². The van der Waals surface area contributed by atoms with Crippen LogP contribution in [0.2, 0.25) is 0 Å². The molecule has 0 atom stereocenters. The number of halogens is 1. The second-order valence-electron chi connectivity index (χ2n) is 5.08. The van der Waals surface area contributed by atoms with Crippen molar-refractivity contribution in [2.45, 2.75) is 0 Å². The van der Waals surface area contributed by atoms with Gasteiger partial charge in [-0.1, -0.05) is 12.1 Å². The van der Waals surface area contributed by atoms with E-state index in [4.69, 9.17) is 13.9 Å². The molecule has 0 saturated carbocycles. The van der Waals surface area contributed by atoms with E-state index in [0.29, 0.717) is 17.1 Å². The van der Waals surface area contributed by atoms with Crippen molar-refractivity contribution < 1.29 is 23.1 Å². The van der Waals surface area contributed by atoms with Crippen LogP contribution in [0.5, 0.6) is 11.5 Å². The van der Waals surface area contributed by atoms with Gasteiger partial charge in [0.2, 0.25) is 0 Å². The number of nitrogens with one attached hydrogen (secondary N) is 1. The van der Waals surface area contributed by atoms with Gasteiger partial charge in [-0.05, 0) is 12.1 Å². The van der Waals surface area contributed by atoms with E-state index in [1.54, 1.807) is 30.5 Å². The van der Waals surface area contributed by atoms with Crippen molar-refractivity contribution in [2.24, 2.45) is 0 Å². The lowest BCUT2D eigenvalue weighted by molar-refractivity contribution is 0.102. The third-order valence-corrected chi connectivity index (χ3v) is 3.59. The Morgan fingerprint density at radius 2 is 1.80 bits per heavy atom. The average molecular weight is 342 g/mol. The van der Waals surface area contributed by atoms with Gasteiger partial charge in [-0.15, -0.1) is 0 Å². The molecule has 0 aliphatic carbocycles. The average Bonchev–Trinajstić information content (AvgIpc) is 3.17. The third kappa shape index (κ3) is 3.45. The van der Waals surface area contributed by atoms with Crippen molar-refractivity contribution in [3.8, 4) is 22.8 Å². The molecule has 0 spiro atoms. The van der Waals surface area contributed by atoms with Gasteiger partial charge in [0.05, 0.1) is 26.1 Å². The maximum Gasteiger partial charge on any atom is 0.255 e. The van der Waals surface area contributed by atoms with Crippen LogP contribution in [-0.4, -0.2) is 25.1 Å². The highest BCUT2D eigenvalue weighted by Crippen LogP contribution is 2.32. The molecule has 0 fully saturated rings. The molecule has 128 valence electrons. The first-order valence-electron chi connectivity index (χ1n) is 7.34. The molecule has 2 aromatic carbocycles. The first-order chi connectivity index (χ1) is 12.1. The molecular formula is C18H15FN2O4. The summed E-state index contributed by atoms with van der Waals surface area (Å²) in [6.07, 6.45) is 2.91. The summed E-state index contributed by atoms with van der Waals surface area (Å²) in [5, 5.41) is 2.52. The standard InChI is InChI=1S/C18H15FN2O4/c1-23-15-7-13(19)14(8-16(15)24-2)21-18(22)12-5-3-11(4-6-12)17-9-20-10-25-17/h3-10H,1-2H3,(H,21,22). The molecule has 1 N–H and O–H groups in total. The lowest BCUT2D eigenvalue weighted by atomic mass is 10.1. The van der Waals surface area contributed by atoms with Crippen LogP contribution in [-0.2, 0) is 0 Å². The van der Waals surface area contributed by atoms with Crippen LogP contribution in [0.4, 0.5) is 10.1 Å². The van der Waals surface area contributed by atoms with Gasteiger partial charge < -0.3 is 19.2 Å². The predicted octanol–water partition coefficient (Wildman–Crippen LogP) is 3.75. The number of ether oxygens (including phenoxy) is 2. The Morgan fingerprint density at radius 1 is 1.12 bits per heavy atom. The van der Waals surface area contributed by atoms with Gasteiger partial charge in [-0.25, -0.2) is 9.37 Å². The summed E-state index contributed by atoms with van der Waals surface area (Å²) in [6, 6.07) is 9.20. The van der Waals surface area contributed by atoms with E-state index in [1.165, 1.54) is 26.7 Å². The summed E-state index contributed by atoms with van der Waals surface area (Å²) in [5.74, 6) is 0.0895. The molecule has 6 nitrogen and oxygen atoms in total. The van der Waals surface area contributed by atoms with Crippen LogP contribution in [0.25, 0.3) is 11.3 Å². The van der Waals surface area contributed by atoms with E-state index in [1.807, 2.05) is 0 Å². The summed E-state index contributed by atoms with van der Waals surface area (Å²) in [7, 11) is 2.84. The van der Waals surface area contributed by atoms with E-state index in [0.717, 1.165) is 11.6 Å². The molecule has 1 amide bonds. The second kappa shape index (κ2) is 7.04. The maximum atomic E-state index is 14.1. The summed E-state index contributed by atoms with van der Waals surface area (Å²) in [4.78, 5) is 16.2. The monoisotopic (exact) mass is 342 g/mol. The number of carbonyl (C=O) groups excluding carboxylic acids is 1. The summed E-state index contributed by atoms with van der Waals surface area (Å²) >= 11 is 0. The van der Waals surface area contributed by atoms with Crippen molar-refractivity contribution in [3.63, 3.8) is 0 Å². The SMILES string of the molecule is COc1cc(F)c(NC(=O)c2ccc(-c3cnco3)cc2)cc1OC. The molecular weight excluding hydrogens is 327 g/mol. The number of hydrogen-bond donors (Lipinski definition) is 1. The molecule has 7 heteroatoms. The molecule has 0 unspecified atom stereocenters. The Bertz CT molecular complexity index is 877. The molecule has 3 aromatic rings. The Kier molecular flexibility index (Phi) is 4.65. The fourth-order valence-electron chi connectivity index (χ4n) is 2.29. The minimum absolute atomic E-state index is 0.00182. The molecule has 1 heterocycles. The highest BCUT2D eigenvalue weighted by molar-refractivity contribution is 6.04. The van der Waals surface area contributed by atoms with E-state index in [2.05, 4.69) is 10.3 Å². The lowest BCUT2D eigenvalue weighted by Crippen LogP contribution is -2.13. The summed E-state index contributed by atoms with van der Waals surface area (Å²) in [5.41, 5.74) is 1.16. The van der Waals surface area contributed by atoms with Gasteiger partial charge in [0.25, 0.3) is 5.91 Å². The van der Waals surface area contributed by atoms with Gasteiger partial charge in [-0.2, -0.15) is 0 Å². The van der Waals surface area contributed by atoms with Crippen molar-refractivity contribution >= 4 is 11.6 Å². The molecule has 25 heavy (non-hydrogen) atoms. The van der Waals surface area contributed by atoms with Crippen molar-refractivity contribution in [1.82, 2.24) is 4.98 Å². The van der Waals surface area contributed by atoms with Crippen molar-refractivity contribution in [2.75, 3.05) is 19.5 Å². The molecule has 0 radical (unpaired) electrons. The first kappa shape index (κ1) is 16.5. The van der Waals surface area contributed by atoms with Gasteiger partial charge in [-0.3, -0.25) is 4.79 Å². The van der Waals surface area contributed by atoms with E-state index >= 15 is 0 Å². The largest absolute Gasteiger partial charge is 0.493 e. The molecule has 0 aliphatic rings. The molecule has 1 aromatic heterocycles. The second-order valence-corrected chi connectivity index (χ2v) is 5.08. The normalized spacial score (nSPS) is 10.4. The predicted molar refractivity (Wildman–Crippen MR) is 89.4 cm³/mol. The molecule has 3 rings (SSSR count). The Balaban J connectivity index is 1.80. The number of amides is 1. The van der Waals surface area contributed by atoms with Crippen LogP contribution >= 0.6 is 0 Å². The number of hydrogen-bond acceptors (Lipinski definition) is 5. The highest BCUT2D eigenvalue weighted by Gasteiger charge is 2.14. The van der Waals surface area contributed by atoms with E-state index in [-0.39, 0.29) is 11.4 Å². The number of carbonyl (C=O) groups is 1. The lowest BCUT2D eigenvalue weighted by Gasteiger charge is -2.12. The molecule has 0 bridgehead atoms. The summed E-state index contributed by atoms with van der Waals surface area (Å²) < 4.78 is 29.4. The number of nitrogens with zero attached hydrogens (tertiary/aromatic N) is 1. The molecule has 0 aliphatic heterocycles. The number of anilines is 1. The van der Waals surface area contributed by atoms with Crippen LogP contribution in [0.1, 0.15) is 10.4 Å².